The average Bonchev–Trinajstić information content (AvgIpc) is 3.11. The fourth-order valence-electron chi connectivity index (χ4n) is 3.61. The summed E-state index contributed by atoms with van der Waals surface area (Å²) < 4.78 is 7.89. The van der Waals surface area contributed by atoms with Crippen molar-refractivity contribution in [3.05, 3.63) is 90.8 Å². The van der Waals surface area contributed by atoms with E-state index in [9.17, 15) is 4.79 Å². The number of amides is 1. The smallest absolute Gasteiger partial charge is 0.247 e. The van der Waals surface area contributed by atoms with Crippen LogP contribution in [0.2, 0.25) is 0 Å². The molecule has 0 bridgehead atoms. The van der Waals surface area contributed by atoms with Crippen molar-refractivity contribution in [2.24, 2.45) is 0 Å². The monoisotopic (exact) mass is 399 g/mol. The molecule has 5 nitrogen and oxygen atoms in total. The predicted octanol–water partition coefficient (Wildman–Crippen LogP) is 5.06. The van der Waals surface area contributed by atoms with Crippen LogP contribution in [-0.2, 0) is 17.9 Å². The zero-order valence-electron chi connectivity index (χ0n) is 17.2. The zero-order valence-corrected chi connectivity index (χ0v) is 17.2. The zero-order chi connectivity index (χ0) is 20.9. The maximum atomic E-state index is 13.4. The van der Waals surface area contributed by atoms with E-state index in [0.29, 0.717) is 6.61 Å². The van der Waals surface area contributed by atoms with E-state index >= 15 is 0 Å². The first-order valence-electron chi connectivity index (χ1n) is 10.1. The topological polar surface area (TPSA) is 47.4 Å². The number of hydrogen-bond donors (Lipinski definition) is 0. The third-order valence-corrected chi connectivity index (χ3v) is 4.96. The number of para-hydroxylation sites is 4. The molecule has 152 valence electrons. The number of nitrogens with zero attached hydrogens (tertiary/aromatic N) is 3. The Kier molecular flexibility index (Phi) is 5.80. The van der Waals surface area contributed by atoms with Crippen LogP contribution < -0.4 is 9.64 Å². The number of carbonyl (C=O) groups excluding carboxylic acids is 1. The van der Waals surface area contributed by atoms with Gasteiger partial charge in [0, 0.05) is 11.7 Å². The molecule has 4 rings (SSSR count). The lowest BCUT2D eigenvalue weighted by Gasteiger charge is -2.27. The van der Waals surface area contributed by atoms with E-state index in [1.54, 1.807) is 0 Å². The van der Waals surface area contributed by atoms with E-state index in [2.05, 4.69) is 0 Å². The van der Waals surface area contributed by atoms with Gasteiger partial charge in [-0.25, -0.2) is 4.98 Å². The summed E-state index contributed by atoms with van der Waals surface area (Å²) in [7, 11) is 0. The highest BCUT2D eigenvalue weighted by atomic mass is 16.5. The summed E-state index contributed by atoms with van der Waals surface area (Å²) in [6, 6.07) is 27.3. The molecule has 0 aliphatic heterocycles. The lowest BCUT2D eigenvalue weighted by molar-refractivity contribution is -0.119. The van der Waals surface area contributed by atoms with Gasteiger partial charge in [-0.15, -0.1) is 0 Å². The van der Waals surface area contributed by atoms with Crippen molar-refractivity contribution in [3.63, 3.8) is 0 Å². The van der Waals surface area contributed by atoms with Crippen molar-refractivity contribution in [1.29, 1.82) is 0 Å². The third-order valence-electron chi connectivity index (χ3n) is 4.96. The number of aromatic nitrogens is 2. The summed E-state index contributed by atoms with van der Waals surface area (Å²) in [5.74, 6) is 1.51. The SMILES string of the molecule is CC(C)N(C(=O)Cn1c(COc2ccccc2)nc2ccccc21)c1ccccc1. The van der Waals surface area contributed by atoms with Gasteiger partial charge in [0.05, 0.1) is 11.0 Å². The largest absolute Gasteiger partial charge is 0.486 e. The van der Waals surface area contributed by atoms with Gasteiger partial charge >= 0.3 is 0 Å². The first kappa shape index (κ1) is 19.7. The van der Waals surface area contributed by atoms with Gasteiger partial charge < -0.3 is 14.2 Å². The molecule has 0 atom stereocenters. The van der Waals surface area contributed by atoms with Gasteiger partial charge in [-0.3, -0.25) is 4.79 Å². The molecular formula is C25H25N3O2. The number of anilines is 1. The molecule has 4 aromatic rings. The van der Waals surface area contributed by atoms with Gasteiger partial charge in [0.25, 0.3) is 0 Å². The van der Waals surface area contributed by atoms with Crippen molar-refractivity contribution in [3.8, 4) is 5.75 Å². The fraction of sp³-hybridized carbons (Fsp3) is 0.200. The average molecular weight is 399 g/mol. The Morgan fingerprint density at radius 3 is 2.27 bits per heavy atom. The number of ether oxygens (including phenoxy) is 1. The van der Waals surface area contributed by atoms with E-state index in [-0.39, 0.29) is 18.5 Å². The molecule has 5 heteroatoms. The van der Waals surface area contributed by atoms with E-state index in [1.807, 2.05) is 108 Å². The van der Waals surface area contributed by atoms with Crippen LogP contribution in [0, 0.1) is 0 Å². The molecule has 0 saturated heterocycles. The molecule has 0 aliphatic carbocycles. The Labute approximate surface area is 176 Å². The fourth-order valence-corrected chi connectivity index (χ4v) is 3.61. The molecule has 0 spiro atoms. The molecule has 0 unspecified atom stereocenters. The first-order chi connectivity index (χ1) is 14.6. The van der Waals surface area contributed by atoms with Crippen LogP contribution in [0.4, 0.5) is 5.69 Å². The predicted molar refractivity (Wildman–Crippen MR) is 120 cm³/mol. The highest BCUT2D eigenvalue weighted by Gasteiger charge is 2.22. The van der Waals surface area contributed by atoms with Gasteiger partial charge in [-0.1, -0.05) is 48.5 Å². The second-order valence-electron chi connectivity index (χ2n) is 7.40. The highest BCUT2D eigenvalue weighted by Crippen LogP contribution is 2.21. The Balaban J connectivity index is 1.64. The number of imidazole rings is 1. The number of fused-ring (bicyclic) bond motifs is 1. The second-order valence-corrected chi connectivity index (χ2v) is 7.40. The summed E-state index contributed by atoms with van der Waals surface area (Å²) in [6.07, 6.45) is 0. The molecule has 0 N–H and O–H groups in total. The minimum atomic E-state index is 0.0142. The maximum absolute atomic E-state index is 13.4. The van der Waals surface area contributed by atoms with Crippen LogP contribution in [0.25, 0.3) is 11.0 Å². The van der Waals surface area contributed by atoms with Crippen LogP contribution >= 0.6 is 0 Å². The van der Waals surface area contributed by atoms with Gasteiger partial charge in [0.15, 0.2) is 0 Å². The Hall–Kier alpha value is -3.60. The summed E-state index contributed by atoms with van der Waals surface area (Å²) in [5, 5.41) is 0. The first-order valence-corrected chi connectivity index (χ1v) is 10.1. The van der Waals surface area contributed by atoms with Crippen LogP contribution in [-0.4, -0.2) is 21.5 Å². The minimum Gasteiger partial charge on any atom is -0.486 e. The quantitative estimate of drug-likeness (QED) is 0.437. The molecule has 0 aliphatic rings. The van der Waals surface area contributed by atoms with Crippen LogP contribution in [0.3, 0.4) is 0 Å². The van der Waals surface area contributed by atoms with Crippen molar-refractivity contribution in [2.45, 2.75) is 33.0 Å². The molecular weight excluding hydrogens is 374 g/mol. The molecule has 0 fully saturated rings. The van der Waals surface area contributed by atoms with Gasteiger partial charge in [0.1, 0.15) is 24.7 Å². The van der Waals surface area contributed by atoms with E-state index in [1.165, 1.54) is 0 Å². The van der Waals surface area contributed by atoms with Crippen LogP contribution in [0.15, 0.2) is 84.9 Å². The Morgan fingerprint density at radius 2 is 1.57 bits per heavy atom. The Morgan fingerprint density at radius 1 is 0.933 bits per heavy atom. The van der Waals surface area contributed by atoms with E-state index in [0.717, 1.165) is 28.3 Å². The van der Waals surface area contributed by atoms with Gasteiger partial charge in [-0.2, -0.15) is 0 Å². The summed E-state index contributed by atoms with van der Waals surface area (Å²) in [4.78, 5) is 19.9. The summed E-state index contributed by atoms with van der Waals surface area (Å²) in [5.41, 5.74) is 2.67. The van der Waals surface area contributed by atoms with Crippen molar-refractivity contribution < 1.29 is 9.53 Å². The molecule has 0 radical (unpaired) electrons. The second kappa shape index (κ2) is 8.82. The highest BCUT2D eigenvalue weighted by molar-refractivity contribution is 5.94. The third kappa shape index (κ3) is 4.20. The molecule has 30 heavy (non-hydrogen) atoms. The lowest BCUT2D eigenvalue weighted by Crippen LogP contribution is -2.39. The molecule has 1 heterocycles. The summed E-state index contributed by atoms with van der Waals surface area (Å²) in [6.45, 7) is 4.53. The van der Waals surface area contributed by atoms with Gasteiger partial charge in [0.2, 0.25) is 5.91 Å². The van der Waals surface area contributed by atoms with Crippen molar-refractivity contribution in [1.82, 2.24) is 9.55 Å². The number of rotatable bonds is 7. The van der Waals surface area contributed by atoms with Crippen LogP contribution in [0.1, 0.15) is 19.7 Å². The number of benzene rings is 3. The van der Waals surface area contributed by atoms with Gasteiger partial charge in [-0.05, 0) is 50.2 Å². The van der Waals surface area contributed by atoms with Crippen molar-refractivity contribution >= 4 is 22.6 Å². The van der Waals surface area contributed by atoms with E-state index < -0.39 is 0 Å². The van der Waals surface area contributed by atoms with Crippen molar-refractivity contribution in [2.75, 3.05) is 4.90 Å². The van der Waals surface area contributed by atoms with Crippen LogP contribution in [0.5, 0.6) is 5.75 Å². The molecule has 0 saturated carbocycles. The number of carbonyl (C=O) groups is 1. The lowest BCUT2D eigenvalue weighted by atomic mass is 10.2. The molecule has 3 aromatic carbocycles. The van der Waals surface area contributed by atoms with E-state index in [4.69, 9.17) is 9.72 Å². The normalized spacial score (nSPS) is 11.0. The maximum Gasteiger partial charge on any atom is 0.247 e. The Bertz CT molecular complexity index is 1120. The standard InChI is InChI=1S/C25H25N3O2/c1-19(2)28(20-11-5-3-6-12-20)25(29)17-27-23-16-10-9-15-22(23)26-24(27)18-30-21-13-7-4-8-14-21/h3-16,19H,17-18H2,1-2H3. The summed E-state index contributed by atoms with van der Waals surface area (Å²) >= 11 is 0. The number of hydrogen-bond acceptors (Lipinski definition) is 3. The minimum absolute atomic E-state index is 0.0142. The molecule has 1 amide bonds. The molecule has 1 aromatic heterocycles.